The molecule has 0 aliphatic carbocycles. The van der Waals surface area contributed by atoms with Gasteiger partial charge in [0, 0.05) is 13.8 Å². The molecule has 2 aromatic carbocycles. The summed E-state index contributed by atoms with van der Waals surface area (Å²) in [5.74, 6) is -1.92. The molecule has 1 saturated heterocycles. The smallest absolute Gasteiger partial charge is 0.348 e. The minimum absolute atomic E-state index is 0.167. The highest BCUT2D eigenvalue weighted by molar-refractivity contribution is 6.18. The molecule has 0 radical (unpaired) electrons. The number of esters is 3. The van der Waals surface area contributed by atoms with Gasteiger partial charge in [0.2, 0.25) is 0 Å². The summed E-state index contributed by atoms with van der Waals surface area (Å²) in [4.78, 5) is 35.4. The van der Waals surface area contributed by atoms with E-state index in [0.717, 1.165) is 0 Å². The molecule has 8 nitrogen and oxygen atoms in total. The van der Waals surface area contributed by atoms with E-state index < -0.39 is 23.7 Å². The van der Waals surface area contributed by atoms with E-state index in [-0.39, 0.29) is 5.57 Å². The van der Waals surface area contributed by atoms with Crippen LogP contribution in [0, 0.1) is 0 Å². The van der Waals surface area contributed by atoms with Crippen molar-refractivity contribution in [2.24, 2.45) is 0 Å². The number of benzene rings is 2. The zero-order valence-corrected chi connectivity index (χ0v) is 17.4. The van der Waals surface area contributed by atoms with Gasteiger partial charge >= 0.3 is 17.9 Å². The lowest BCUT2D eigenvalue weighted by atomic mass is 10.1. The summed E-state index contributed by atoms with van der Waals surface area (Å²) < 4.78 is 26.0. The Hall–Kier alpha value is -3.81. The van der Waals surface area contributed by atoms with Crippen LogP contribution in [-0.2, 0) is 23.8 Å². The standard InChI is InChI=1S/C23H22O8/c1-23(2)30-21(25)19(22(26)31-23)14-15-4-8-17(9-5-15)28-12-13-29-18-10-6-16(7-11-18)20(24)27-3/h4-11,14H,12-13H2,1-3H3. The lowest BCUT2D eigenvalue weighted by molar-refractivity contribution is -0.222. The van der Waals surface area contributed by atoms with E-state index in [0.29, 0.717) is 35.8 Å². The number of methoxy groups -OCH3 is 1. The fraction of sp³-hybridized carbons (Fsp3) is 0.261. The minimum atomic E-state index is -1.27. The normalized spacial score (nSPS) is 14.9. The first-order valence-electron chi connectivity index (χ1n) is 9.50. The summed E-state index contributed by atoms with van der Waals surface area (Å²) in [6, 6.07) is 13.4. The highest BCUT2D eigenvalue weighted by Crippen LogP contribution is 2.24. The lowest BCUT2D eigenvalue weighted by Gasteiger charge is -2.29. The van der Waals surface area contributed by atoms with E-state index in [1.165, 1.54) is 27.0 Å². The maximum atomic E-state index is 12.0. The molecule has 1 heterocycles. The number of carbonyl (C=O) groups excluding carboxylic acids is 3. The second kappa shape index (κ2) is 9.34. The predicted octanol–water partition coefficient (Wildman–Crippen LogP) is 3.15. The molecule has 162 valence electrons. The van der Waals surface area contributed by atoms with Crippen molar-refractivity contribution in [2.75, 3.05) is 20.3 Å². The summed E-state index contributed by atoms with van der Waals surface area (Å²) in [7, 11) is 1.33. The molecule has 2 aromatic rings. The van der Waals surface area contributed by atoms with Gasteiger partial charge in [-0.2, -0.15) is 0 Å². The largest absolute Gasteiger partial charge is 0.490 e. The van der Waals surface area contributed by atoms with Crippen LogP contribution < -0.4 is 9.47 Å². The van der Waals surface area contributed by atoms with Crippen molar-refractivity contribution in [3.05, 3.63) is 65.2 Å². The summed E-state index contributed by atoms with van der Waals surface area (Å²) in [6.45, 7) is 3.59. The van der Waals surface area contributed by atoms with E-state index in [2.05, 4.69) is 4.74 Å². The second-order valence-corrected chi connectivity index (χ2v) is 7.02. The van der Waals surface area contributed by atoms with Crippen LogP contribution in [-0.4, -0.2) is 44.0 Å². The fourth-order valence-electron chi connectivity index (χ4n) is 2.73. The quantitative estimate of drug-likeness (QED) is 0.288. The van der Waals surface area contributed by atoms with Crippen molar-refractivity contribution in [1.82, 2.24) is 0 Å². The monoisotopic (exact) mass is 426 g/mol. The molecule has 1 fully saturated rings. The van der Waals surface area contributed by atoms with Crippen LogP contribution in [0.15, 0.2) is 54.1 Å². The van der Waals surface area contributed by atoms with Crippen molar-refractivity contribution >= 4 is 24.0 Å². The molecule has 1 aliphatic heterocycles. The molecule has 31 heavy (non-hydrogen) atoms. The Morgan fingerprint density at radius 3 is 1.84 bits per heavy atom. The summed E-state index contributed by atoms with van der Waals surface area (Å²) in [5, 5.41) is 0. The number of ether oxygens (including phenoxy) is 5. The minimum Gasteiger partial charge on any atom is -0.490 e. The predicted molar refractivity (Wildman–Crippen MR) is 109 cm³/mol. The van der Waals surface area contributed by atoms with Crippen molar-refractivity contribution in [3.63, 3.8) is 0 Å². The number of carbonyl (C=O) groups is 3. The van der Waals surface area contributed by atoms with Gasteiger partial charge in [-0.15, -0.1) is 0 Å². The summed E-state index contributed by atoms with van der Waals surface area (Å²) in [5.41, 5.74) is 0.900. The Labute approximate surface area is 179 Å². The van der Waals surface area contributed by atoms with Crippen LogP contribution in [0.4, 0.5) is 0 Å². The van der Waals surface area contributed by atoms with E-state index in [1.807, 2.05) is 0 Å². The summed E-state index contributed by atoms with van der Waals surface area (Å²) >= 11 is 0. The van der Waals surface area contributed by atoms with Crippen LogP contribution in [0.3, 0.4) is 0 Å². The Morgan fingerprint density at radius 2 is 1.35 bits per heavy atom. The third-order valence-electron chi connectivity index (χ3n) is 4.20. The average Bonchev–Trinajstić information content (AvgIpc) is 2.74. The molecular weight excluding hydrogens is 404 g/mol. The molecular formula is C23H22O8. The molecule has 1 aliphatic rings. The van der Waals surface area contributed by atoms with Gasteiger partial charge in [-0.05, 0) is 48.0 Å². The van der Waals surface area contributed by atoms with E-state index in [1.54, 1.807) is 48.5 Å². The zero-order chi connectivity index (χ0) is 22.4. The van der Waals surface area contributed by atoms with Gasteiger partial charge in [0.1, 0.15) is 30.3 Å². The van der Waals surface area contributed by atoms with Gasteiger partial charge in [0.15, 0.2) is 0 Å². The van der Waals surface area contributed by atoms with E-state index >= 15 is 0 Å². The molecule has 0 saturated carbocycles. The van der Waals surface area contributed by atoms with Crippen molar-refractivity contribution in [3.8, 4) is 11.5 Å². The molecule has 0 N–H and O–H groups in total. The molecule has 0 amide bonds. The third-order valence-corrected chi connectivity index (χ3v) is 4.20. The van der Waals surface area contributed by atoms with Crippen LogP contribution in [0.25, 0.3) is 6.08 Å². The van der Waals surface area contributed by atoms with Crippen LogP contribution in [0.1, 0.15) is 29.8 Å². The molecule has 3 rings (SSSR count). The van der Waals surface area contributed by atoms with Crippen LogP contribution in [0.5, 0.6) is 11.5 Å². The van der Waals surface area contributed by atoms with Gasteiger partial charge in [-0.25, -0.2) is 14.4 Å². The Balaban J connectivity index is 1.49. The number of hydrogen-bond acceptors (Lipinski definition) is 8. The number of cyclic esters (lactones) is 2. The van der Waals surface area contributed by atoms with Crippen LogP contribution in [0.2, 0.25) is 0 Å². The zero-order valence-electron chi connectivity index (χ0n) is 17.4. The second-order valence-electron chi connectivity index (χ2n) is 7.02. The lowest BCUT2D eigenvalue weighted by Crippen LogP contribution is -2.41. The van der Waals surface area contributed by atoms with Crippen molar-refractivity contribution in [1.29, 1.82) is 0 Å². The van der Waals surface area contributed by atoms with Crippen LogP contribution >= 0.6 is 0 Å². The maximum absolute atomic E-state index is 12.0. The van der Waals surface area contributed by atoms with Gasteiger partial charge in [0.05, 0.1) is 12.7 Å². The topological polar surface area (TPSA) is 97.4 Å². The Kier molecular flexibility index (Phi) is 6.59. The molecule has 8 heteroatoms. The van der Waals surface area contributed by atoms with Crippen molar-refractivity contribution in [2.45, 2.75) is 19.6 Å². The SMILES string of the molecule is COC(=O)c1ccc(OCCOc2ccc(C=C3C(=O)OC(C)(C)OC3=O)cc2)cc1. The average molecular weight is 426 g/mol. The van der Waals surface area contributed by atoms with E-state index in [4.69, 9.17) is 18.9 Å². The molecule has 0 bridgehead atoms. The molecule has 0 unspecified atom stereocenters. The van der Waals surface area contributed by atoms with Crippen molar-refractivity contribution < 1.29 is 38.1 Å². The van der Waals surface area contributed by atoms with Gasteiger partial charge in [-0.3, -0.25) is 0 Å². The third kappa shape index (κ3) is 5.85. The fourth-order valence-corrected chi connectivity index (χ4v) is 2.73. The maximum Gasteiger partial charge on any atom is 0.348 e. The Morgan fingerprint density at radius 1 is 0.871 bits per heavy atom. The van der Waals surface area contributed by atoms with Gasteiger partial charge in [-0.1, -0.05) is 12.1 Å². The summed E-state index contributed by atoms with van der Waals surface area (Å²) in [6.07, 6.45) is 1.41. The number of hydrogen-bond donors (Lipinski definition) is 0. The Bertz CT molecular complexity index is 965. The molecule has 0 atom stereocenters. The number of rotatable bonds is 7. The first-order valence-corrected chi connectivity index (χ1v) is 9.50. The van der Waals surface area contributed by atoms with Gasteiger partial charge < -0.3 is 23.7 Å². The van der Waals surface area contributed by atoms with E-state index in [9.17, 15) is 14.4 Å². The molecule has 0 spiro atoms. The molecule has 0 aromatic heterocycles. The first kappa shape index (κ1) is 21.9. The highest BCUT2D eigenvalue weighted by Gasteiger charge is 2.38. The van der Waals surface area contributed by atoms with Gasteiger partial charge in [0.25, 0.3) is 5.79 Å². The first-order chi connectivity index (χ1) is 14.8. The highest BCUT2D eigenvalue weighted by atomic mass is 16.7.